The third-order valence-corrected chi connectivity index (χ3v) is 3.18. The molecule has 6 heteroatoms. The molecular formula is C13H17NO5. The molecule has 2 rings (SSSR count). The van der Waals surface area contributed by atoms with Gasteiger partial charge in [-0.1, -0.05) is 0 Å². The van der Waals surface area contributed by atoms with Crippen molar-refractivity contribution in [3.05, 3.63) is 23.8 Å². The standard InChI is InChI=1S/C13H17NO5/c1-18-8-3-4-12(19-2)9(5-8)13(17)14-6-10(15)11(16)7-14/h3-5,10-11,15-16H,6-7H2,1-2H3/t10-,11+. The predicted octanol–water partition coefficient (Wildman–Crippen LogP) is -0.119. The number of ether oxygens (including phenoxy) is 2. The molecule has 1 fully saturated rings. The summed E-state index contributed by atoms with van der Waals surface area (Å²) in [7, 11) is 2.99. The highest BCUT2D eigenvalue weighted by molar-refractivity contribution is 5.97. The number of β-amino-alcohol motifs (C(OH)–C–C–N with tert-alkyl or cyclic N) is 2. The van der Waals surface area contributed by atoms with Gasteiger partial charge in [-0.3, -0.25) is 4.79 Å². The zero-order valence-corrected chi connectivity index (χ0v) is 10.9. The van der Waals surface area contributed by atoms with E-state index in [0.717, 1.165) is 0 Å². The van der Waals surface area contributed by atoms with Gasteiger partial charge in [0.2, 0.25) is 0 Å². The Morgan fingerprint density at radius 1 is 1.21 bits per heavy atom. The van der Waals surface area contributed by atoms with Crippen LogP contribution in [0.1, 0.15) is 10.4 Å². The lowest BCUT2D eigenvalue weighted by Gasteiger charge is -2.17. The summed E-state index contributed by atoms with van der Waals surface area (Å²) in [6, 6.07) is 4.93. The summed E-state index contributed by atoms with van der Waals surface area (Å²) < 4.78 is 10.2. The lowest BCUT2D eigenvalue weighted by molar-refractivity contribution is 0.0572. The van der Waals surface area contributed by atoms with Gasteiger partial charge in [0.25, 0.3) is 5.91 Å². The molecule has 1 saturated heterocycles. The maximum absolute atomic E-state index is 12.4. The maximum atomic E-state index is 12.4. The van der Waals surface area contributed by atoms with Gasteiger partial charge in [-0.05, 0) is 18.2 Å². The van der Waals surface area contributed by atoms with E-state index in [1.165, 1.54) is 19.1 Å². The van der Waals surface area contributed by atoms with E-state index in [-0.39, 0.29) is 19.0 Å². The van der Waals surface area contributed by atoms with Crippen molar-refractivity contribution >= 4 is 5.91 Å². The van der Waals surface area contributed by atoms with Gasteiger partial charge in [0.1, 0.15) is 11.5 Å². The van der Waals surface area contributed by atoms with E-state index in [2.05, 4.69) is 0 Å². The molecule has 1 aromatic rings. The van der Waals surface area contributed by atoms with Crippen LogP contribution in [0.3, 0.4) is 0 Å². The molecular weight excluding hydrogens is 250 g/mol. The molecule has 2 N–H and O–H groups in total. The molecule has 0 unspecified atom stereocenters. The van der Waals surface area contributed by atoms with E-state index < -0.39 is 12.2 Å². The molecule has 1 aromatic carbocycles. The number of nitrogens with zero attached hydrogens (tertiary/aromatic N) is 1. The Bertz CT molecular complexity index is 466. The Morgan fingerprint density at radius 2 is 1.84 bits per heavy atom. The van der Waals surface area contributed by atoms with Crippen LogP contribution in [0.25, 0.3) is 0 Å². The van der Waals surface area contributed by atoms with Gasteiger partial charge >= 0.3 is 0 Å². The molecule has 1 heterocycles. The summed E-state index contributed by atoms with van der Waals surface area (Å²) in [6.07, 6.45) is -1.80. The fraction of sp³-hybridized carbons (Fsp3) is 0.462. The summed E-state index contributed by atoms with van der Waals surface area (Å²) in [6.45, 7) is 0.223. The number of likely N-dealkylation sites (tertiary alicyclic amines) is 1. The summed E-state index contributed by atoms with van der Waals surface area (Å²) in [4.78, 5) is 13.7. The third kappa shape index (κ3) is 2.64. The number of methoxy groups -OCH3 is 2. The molecule has 0 aliphatic carbocycles. The molecule has 2 atom stereocenters. The van der Waals surface area contributed by atoms with E-state index in [1.54, 1.807) is 18.2 Å². The Balaban J connectivity index is 2.27. The van der Waals surface area contributed by atoms with E-state index in [0.29, 0.717) is 17.1 Å². The monoisotopic (exact) mass is 267 g/mol. The van der Waals surface area contributed by atoms with Crippen molar-refractivity contribution in [2.75, 3.05) is 27.3 Å². The molecule has 0 bridgehead atoms. The smallest absolute Gasteiger partial charge is 0.257 e. The molecule has 0 saturated carbocycles. The highest BCUT2D eigenvalue weighted by Crippen LogP contribution is 2.26. The van der Waals surface area contributed by atoms with Crippen molar-refractivity contribution in [3.8, 4) is 11.5 Å². The largest absolute Gasteiger partial charge is 0.497 e. The van der Waals surface area contributed by atoms with Gasteiger partial charge in [0.05, 0.1) is 32.0 Å². The number of rotatable bonds is 3. The Labute approximate surface area is 111 Å². The highest BCUT2D eigenvalue weighted by atomic mass is 16.5. The van der Waals surface area contributed by atoms with Gasteiger partial charge in [0, 0.05) is 13.1 Å². The fourth-order valence-electron chi connectivity index (χ4n) is 2.09. The molecule has 0 aromatic heterocycles. The molecule has 6 nitrogen and oxygen atoms in total. The molecule has 104 valence electrons. The van der Waals surface area contributed by atoms with Crippen molar-refractivity contribution < 1.29 is 24.5 Å². The van der Waals surface area contributed by atoms with Crippen LogP contribution >= 0.6 is 0 Å². The minimum absolute atomic E-state index is 0.111. The summed E-state index contributed by atoms with van der Waals surface area (Å²) in [5, 5.41) is 19.0. The molecule has 1 aliphatic rings. The third-order valence-electron chi connectivity index (χ3n) is 3.18. The lowest BCUT2D eigenvalue weighted by Crippen LogP contribution is -2.30. The van der Waals surface area contributed by atoms with Gasteiger partial charge in [-0.25, -0.2) is 0 Å². The lowest BCUT2D eigenvalue weighted by atomic mass is 10.1. The molecule has 19 heavy (non-hydrogen) atoms. The first-order valence-electron chi connectivity index (χ1n) is 5.94. The minimum atomic E-state index is -0.902. The average Bonchev–Trinajstić information content (AvgIpc) is 2.77. The second kappa shape index (κ2) is 5.46. The Hall–Kier alpha value is -1.79. The van der Waals surface area contributed by atoms with Crippen LogP contribution in [-0.2, 0) is 0 Å². The number of aliphatic hydroxyl groups excluding tert-OH is 2. The number of carbonyl (C=O) groups is 1. The van der Waals surface area contributed by atoms with Gasteiger partial charge in [-0.15, -0.1) is 0 Å². The van der Waals surface area contributed by atoms with E-state index in [9.17, 15) is 15.0 Å². The molecule has 0 radical (unpaired) electrons. The van der Waals surface area contributed by atoms with Crippen molar-refractivity contribution in [2.24, 2.45) is 0 Å². The first-order valence-corrected chi connectivity index (χ1v) is 5.94. The minimum Gasteiger partial charge on any atom is -0.497 e. The number of hydrogen-bond acceptors (Lipinski definition) is 5. The van der Waals surface area contributed by atoms with Crippen LogP contribution in [-0.4, -0.2) is 60.5 Å². The average molecular weight is 267 g/mol. The van der Waals surface area contributed by atoms with Crippen LogP contribution in [0.5, 0.6) is 11.5 Å². The fourth-order valence-corrected chi connectivity index (χ4v) is 2.09. The van der Waals surface area contributed by atoms with Gasteiger partial charge in [-0.2, -0.15) is 0 Å². The van der Waals surface area contributed by atoms with Crippen molar-refractivity contribution in [1.29, 1.82) is 0 Å². The summed E-state index contributed by atoms with van der Waals surface area (Å²) >= 11 is 0. The summed E-state index contributed by atoms with van der Waals surface area (Å²) in [5.74, 6) is 0.678. The zero-order chi connectivity index (χ0) is 14.0. The first-order chi connectivity index (χ1) is 9.06. The number of aliphatic hydroxyl groups is 2. The Morgan fingerprint density at radius 3 is 2.37 bits per heavy atom. The zero-order valence-electron chi connectivity index (χ0n) is 10.9. The van der Waals surface area contributed by atoms with Crippen LogP contribution in [0, 0.1) is 0 Å². The SMILES string of the molecule is COc1ccc(OC)c(C(=O)N2C[C@@H](O)[C@@H](O)C2)c1. The van der Waals surface area contributed by atoms with Gasteiger partial charge in [0.15, 0.2) is 0 Å². The van der Waals surface area contributed by atoms with Crippen molar-refractivity contribution in [1.82, 2.24) is 4.90 Å². The number of hydrogen-bond donors (Lipinski definition) is 2. The normalized spacial score (nSPS) is 22.4. The van der Waals surface area contributed by atoms with Crippen LogP contribution in [0.15, 0.2) is 18.2 Å². The quantitative estimate of drug-likeness (QED) is 0.798. The van der Waals surface area contributed by atoms with Crippen LogP contribution in [0.2, 0.25) is 0 Å². The van der Waals surface area contributed by atoms with Crippen LogP contribution in [0.4, 0.5) is 0 Å². The summed E-state index contributed by atoms with van der Waals surface area (Å²) in [5.41, 5.74) is 0.350. The first kappa shape index (κ1) is 13.6. The number of benzene rings is 1. The topological polar surface area (TPSA) is 79.2 Å². The van der Waals surface area contributed by atoms with E-state index in [1.807, 2.05) is 0 Å². The second-order valence-corrected chi connectivity index (χ2v) is 4.41. The Kier molecular flexibility index (Phi) is 3.92. The predicted molar refractivity (Wildman–Crippen MR) is 67.5 cm³/mol. The molecule has 0 spiro atoms. The van der Waals surface area contributed by atoms with Crippen molar-refractivity contribution in [2.45, 2.75) is 12.2 Å². The highest BCUT2D eigenvalue weighted by Gasteiger charge is 2.34. The van der Waals surface area contributed by atoms with E-state index >= 15 is 0 Å². The molecule has 1 aliphatic heterocycles. The second-order valence-electron chi connectivity index (χ2n) is 4.41. The van der Waals surface area contributed by atoms with Gasteiger partial charge < -0.3 is 24.6 Å². The van der Waals surface area contributed by atoms with E-state index in [4.69, 9.17) is 9.47 Å². The molecule has 1 amide bonds. The van der Waals surface area contributed by atoms with Crippen LogP contribution < -0.4 is 9.47 Å². The maximum Gasteiger partial charge on any atom is 0.257 e. The van der Waals surface area contributed by atoms with Crippen molar-refractivity contribution in [3.63, 3.8) is 0 Å². The number of carbonyl (C=O) groups excluding carboxylic acids is 1. The number of amides is 1.